The van der Waals surface area contributed by atoms with Gasteiger partial charge in [0.1, 0.15) is 0 Å². The van der Waals surface area contributed by atoms with E-state index in [1.165, 1.54) is 16.5 Å². The number of amides is 1. The van der Waals surface area contributed by atoms with Crippen molar-refractivity contribution in [3.63, 3.8) is 0 Å². The summed E-state index contributed by atoms with van der Waals surface area (Å²) >= 11 is 1.64. The van der Waals surface area contributed by atoms with Crippen LogP contribution in [0.4, 0.5) is 0 Å². The molecule has 0 bridgehead atoms. The monoisotopic (exact) mass is 343 g/mol. The molecule has 0 fully saturated rings. The second-order valence-corrected chi connectivity index (χ2v) is 6.22. The van der Waals surface area contributed by atoms with Gasteiger partial charge >= 0.3 is 5.97 Å². The Morgan fingerprint density at radius 1 is 1.17 bits per heavy atom. The zero-order valence-corrected chi connectivity index (χ0v) is 14.5. The van der Waals surface area contributed by atoms with Gasteiger partial charge in [0.2, 0.25) is 5.91 Å². The quantitative estimate of drug-likeness (QED) is 0.449. The van der Waals surface area contributed by atoms with E-state index in [4.69, 9.17) is 4.74 Å². The Morgan fingerprint density at radius 3 is 2.71 bits per heavy atom. The fourth-order valence-corrected chi connectivity index (χ4v) is 3.01. The summed E-state index contributed by atoms with van der Waals surface area (Å²) in [6.45, 7) is 2.62. The summed E-state index contributed by atoms with van der Waals surface area (Å²) in [7, 11) is 0. The summed E-state index contributed by atoms with van der Waals surface area (Å²) in [5, 5.41) is 2.76. The molecule has 1 amide bonds. The third-order valence-electron chi connectivity index (χ3n) is 3.25. The van der Waals surface area contributed by atoms with Gasteiger partial charge in [0.15, 0.2) is 0 Å². The van der Waals surface area contributed by atoms with Crippen LogP contribution in [0.5, 0.6) is 0 Å². The highest BCUT2D eigenvalue weighted by molar-refractivity contribution is 7.16. The fraction of sp³-hybridized carbons (Fsp3) is 0.263. The number of rotatable bonds is 8. The van der Waals surface area contributed by atoms with Gasteiger partial charge in [0, 0.05) is 28.8 Å². The molecule has 2 rings (SSSR count). The molecule has 1 aromatic carbocycles. The smallest absolute Gasteiger partial charge is 0.305 e. The van der Waals surface area contributed by atoms with Crippen molar-refractivity contribution in [3.8, 4) is 10.4 Å². The molecule has 0 radical (unpaired) electrons. The molecule has 5 heteroatoms. The molecule has 0 unspecified atom stereocenters. The number of thiophene rings is 1. The van der Waals surface area contributed by atoms with E-state index >= 15 is 0 Å². The maximum atomic E-state index is 11.8. The van der Waals surface area contributed by atoms with E-state index in [-0.39, 0.29) is 11.9 Å². The van der Waals surface area contributed by atoms with E-state index in [0.29, 0.717) is 26.0 Å². The first-order valence-electron chi connectivity index (χ1n) is 7.96. The molecule has 0 atom stereocenters. The Labute approximate surface area is 146 Å². The van der Waals surface area contributed by atoms with Crippen LogP contribution < -0.4 is 5.32 Å². The van der Waals surface area contributed by atoms with Gasteiger partial charge in [0.05, 0.1) is 6.61 Å². The van der Waals surface area contributed by atoms with E-state index in [2.05, 4.69) is 23.5 Å². The first-order valence-corrected chi connectivity index (χ1v) is 8.77. The summed E-state index contributed by atoms with van der Waals surface area (Å²) in [4.78, 5) is 25.1. The molecule has 24 heavy (non-hydrogen) atoms. The Balaban J connectivity index is 1.76. The zero-order valence-electron chi connectivity index (χ0n) is 13.7. The van der Waals surface area contributed by atoms with Gasteiger partial charge in [0.25, 0.3) is 0 Å². The number of carbonyl (C=O) groups excluding carboxylic acids is 2. The summed E-state index contributed by atoms with van der Waals surface area (Å²) in [5.41, 5.74) is 1.17. The van der Waals surface area contributed by atoms with Crippen LogP contribution in [0.15, 0.2) is 48.5 Å². The number of nitrogens with one attached hydrogen (secondary N) is 1. The van der Waals surface area contributed by atoms with Crippen LogP contribution in [-0.2, 0) is 14.3 Å². The molecule has 0 aliphatic carbocycles. The average Bonchev–Trinajstić information content (AvgIpc) is 3.07. The Kier molecular flexibility index (Phi) is 7.23. The number of carbonyl (C=O) groups is 2. The van der Waals surface area contributed by atoms with Gasteiger partial charge in [-0.15, -0.1) is 11.3 Å². The SMILES string of the molecule is CCOC(=O)CCCNC(=O)/C=C/c1ccc(-c2ccccc2)s1. The molecule has 1 N–H and O–H groups in total. The fourth-order valence-electron chi connectivity index (χ4n) is 2.09. The molecule has 0 saturated carbocycles. The summed E-state index contributed by atoms with van der Waals surface area (Å²) in [5.74, 6) is -0.386. The lowest BCUT2D eigenvalue weighted by Gasteiger charge is -2.02. The number of hydrogen-bond acceptors (Lipinski definition) is 4. The minimum Gasteiger partial charge on any atom is -0.466 e. The van der Waals surface area contributed by atoms with E-state index in [1.54, 1.807) is 24.3 Å². The second-order valence-electron chi connectivity index (χ2n) is 5.10. The van der Waals surface area contributed by atoms with Crippen molar-refractivity contribution >= 4 is 29.3 Å². The number of hydrogen-bond donors (Lipinski definition) is 1. The topological polar surface area (TPSA) is 55.4 Å². The molecule has 126 valence electrons. The molecule has 4 nitrogen and oxygen atoms in total. The van der Waals surface area contributed by atoms with E-state index in [1.807, 2.05) is 24.3 Å². The number of benzene rings is 1. The van der Waals surface area contributed by atoms with Crippen LogP contribution in [0.1, 0.15) is 24.6 Å². The van der Waals surface area contributed by atoms with Gasteiger partial charge in [-0.1, -0.05) is 30.3 Å². The maximum absolute atomic E-state index is 11.8. The van der Waals surface area contributed by atoms with Crippen molar-refractivity contribution in [3.05, 3.63) is 53.4 Å². The van der Waals surface area contributed by atoms with E-state index in [0.717, 1.165) is 4.88 Å². The lowest BCUT2D eigenvalue weighted by molar-refractivity contribution is -0.143. The lowest BCUT2D eigenvalue weighted by atomic mass is 10.2. The molecule has 1 aromatic heterocycles. The summed E-state index contributed by atoms with van der Waals surface area (Å²) < 4.78 is 4.83. The standard InChI is InChI=1S/C19H21NO3S/c1-2-23-19(22)9-6-14-20-18(21)13-11-16-10-12-17(24-16)15-7-4-3-5-8-15/h3-5,7-8,10-13H,2,6,9,14H2,1H3,(H,20,21)/b13-11+. The predicted octanol–water partition coefficient (Wildman–Crippen LogP) is 3.89. The second kappa shape index (κ2) is 9.67. The maximum Gasteiger partial charge on any atom is 0.305 e. The minimum atomic E-state index is -0.227. The third kappa shape index (κ3) is 6.01. The summed E-state index contributed by atoms with van der Waals surface area (Å²) in [6, 6.07) is 14.2. The Morgan fingerprint density at radius 2 is 1.96 bits per heavy atom. The van der Waals surface area contributed by atoms with Crippen LogP contribution >= 0.6 is 11.3 Å². The largest absolute Gasteiger partial charge is 0.466 e. The molecule has 0 aliphatic rings. The van der Waals surface area contributed by atoms with Crippen molar-refractivity contribution in [2.45, 2.75) is 19.8 Å². The highest BCUT2D eigenvalue weighted by Gasteiger charge is 2.03. The molecular formula is C19H21NO3S. The van der Waals surface area contributed by atoms with Crippen LogP contribution in [-0.4, -0.2) is 25.0 Å². The van der Waals surface area contributed by atoms with Crippen LogP contribution in [0.2, 0.25) is 0 Å². The molecule has 1 heterocycles. The highest BCUT2D eigenvalue weighted by Crippen LogP contribution is 2.28. The summed E-state index contributed by atoms with van der Waals surface area (Å²) in [6.07, 6.45) is 4.22. The molecule has 2 aromatic rings. The average molecular weight is 343 g/mol. The normalized spacial score (nSPS) is 10.7. The highest BCUT2D eigenvalue weighted by atomic mass is 32.1. The van der Waals surface area contributed by atoms with Gasteiger partial charge in [-0.2, -0.15) is 0 Å². The first kappa shape index (κ1) is 17.9. The van der Waals surface area contributed by atoms with E-state index < -0.39 is 0 Å². The van der Waals surface area contributed by atoms with Crippen LogP contribution in [0.3, 0.4) is 0 Å². The molecule has 0 spiro atoms. The predicted molar refractivity (Wildman–Crippen MR) is 97.7 cm³/mol. The van der Waals surface area contributed by atoms with Crippen LogP contribution in [0, 0.1) is 0 Å². The van der Waals surface area contributed by atoms with Crippen molar-refractivity contribution in [2.75, 3.05) is 13.2 Å². The van der Waals surface area contributed by atoms with Gasteiger partial charge in [-0.05, 0) is 37.1 Å². The van der Waals surface area contributed by atoms with Gasteiger partial charge in [-0.3, -0.25) is 9.59 Å². The van der Waals surface area contributed by atoms with Crippen LogP contribution in [0.25, 0.3) is 16.5 Å². The van der Waals surface area contributed by atoms with Crippen molar-refractivity contribution in [2.24, 2.45) is 0 Å². The Hall–Kier alpha value is -2.40. The van der Waals surface area contributed by atoms with Crippen molar-refractivity contribution in [1.29, 1.82) is 0 Å². The molecule has 0 aliphatic heterocycles. The lowest BCUT2D eigenvalue weighted by Crippen LogP contribution is -2.22. The van der Waals surface area contributed by atoms with Gasteiger partial charge < -0.3 is 10.1 Å². The first-order chi connectivity index (χ1) is 11.7. The number of ether oxygens (including phenoxy) is 1. The number of esters is 1. The van der Waals surface area contributed by atoms with Crippen molar-refractivity contribution < 1.29 is 14.3 Å². The zero-order chi connectivity index (χ0) is 17.2. The third-order valence-corrected chi connectivity index (χ3v) is 4.35. The minimum absolute atomic E-state index is 0.159. The van der Waals surface area contributed by atoms with Crippen molar-refractivity contribution in [1.82, 2.24) is 5.32 Å². The van der Waals surface area contributed by atoms with E-state index in [9.17, 15) is 9.59 Å². The molecule has 0 saturated heterocycles. The van der Waals surface area contributed by atoms with Gasteiger partial charge in [-0.25, -0.2) is 0 Å². The molecular weight excluding hydrogens is 322 g/mol. The Bertz CT molecular complexity index is 692.